The Hall–Kier alpha value is -1.43. The normalized spacial score (nSPS) is 10.3. The van der Waals surface area contributed by atoms with Gasteiger partial charge >= 0.3 is 0 Å². The van der Waals surface area contributed by atoms with Crippen molar-refractivity contribution in [1.82, 2.24) is 9.97 Å². The van der Waals surface area contributed by atoms with Crippen LogP contribution in [-0.2, 0) is 0 Å². The van der Waals surface area contributed by atoms with E-state index in [1.807, 2.05) is 6.92 Å². The van der Waals surface area contributed by atoms with Crippen molar-refractivity contribution < 1.29 is 0 Å². The number of hydrogen-bond donors (Lipinski definition) is 2. The Morgan fingerprint density at radius 3 is 2.58 bits per heavy atom. The van der Waals surface area contributed by atoms with Gasteiger partial charge in [-0.25, -0.2) is 9.97 Å². The third-order valence-corrected chi connectivity index (χ3v) is 3.23. The van der Waals surface area contributed by atoms with E-state index in [-0.39, 0.29) is 4.99 Å². The van der Waals surface area contributed by atoms with Crippen LogP contribution in [0.2, 0.25) is 10.0 Å². The lowest BCUT2D eigenvalue weighted by molar-refractivity contribution is 1.09. The topological polar surface area (TPSA) is 63.8 Å². The van der Waals surface area contributed by atoms with Gasteiger partial charge in [-0.05, 0) is 31.2 Å². The maximum absolute atomic E-state index is 5.94. The Labute approximate surface area is 126 Å². The summed E-state index contributed by atoms with van der Waals surface area (Å²) in [6, 6.07) is 6.88. The molecule has 1 aromatic carbocycles. The molecule has 2 rings (SSSR count). The van der Waals surface area contributed by atoms with Crippen molar-refractivity contribution in [1.29, 1.82) is 0 Å². The second kappa shape index (κ2) is 5.69. The lowest BCUT2D eigenvalue weighted by Gasteiger charge is -2.08. The molecule has 0 spiro atoms. The molecule has 4 nitrogen and oxygen atoms in total. The minimum absolute atomic E-state index is 0.225. The molecule has 2 aromatic rings. The molecule has 98 valence electrons. The van der Waals surface area contributed by atoms with Gasteiger partial charge in [0.25, 0.3) is 0 Å². The molecule has 19 heavy (non-hydrogen) atoms. The molecule has 0 saturated heterocycles. The van der Waals surface area contributed by atoms with Crippen LogP contribution in [0.5, 0.6) is 0 Å². The van der Waals surface area contributed by atoms with Gasteiger partial charge in [-0.2, -0.15) is 0 Å². The van der Waals surface area contributed by atoms with Crippen molar-refractivity contribution in [3.8, 4) is 0 Å². The third-order valence-electron chi connectivity index (χ3n) is 2.28. The summed E-state index contributed by atoms with van der Waals surface area (Å²) in [7, 11) is 0. The average molecular weight is 313 g/mol. The fraction of sp³-hybridized carbons (Fsp3) is 0.0833. The van der Waals surface area contributed by atoms with Gasteiger partial charge in [-0.15, -0.1) is 0 Å². The number of nitrogens with two attached hydrogens (primary N) is 1. The zero-order valence-electron chi connectivity index (χ0n) is 9.95. The summed E-state index contributed by atoms with van der Waals surface area (Å²) in [4.78, 5) is 8.69. The van der Waals surface area contributed by atoms with E-state index in [4.69, 9.17) is 41.2 Å². The summed E-state index contributed by atoms with van der Waals surface area (Å²) < 4.78 is 0. The van der Waals surface area contributed by atoms with Gasteiger partial charge in [-0.1, -0.05) is 35.4 Å². The molecule has 0 aliphatic heterocycles. The van der Waals surface area contributed by atoms with Crippen LogP contribution in [0.1, 0.15) is 11.4 Å². The number of aryl methyl sites for hydroxylation is 1. The van der Waals surface area contributed by atoms with Gasteiger partial charge in [-0.3, -0.25) is 0 Å². The van der Waals surface area contributed by atoms with Crippen molar-refractivity contribution in [2.45, 2.75) is 6.92 Å². The predicted octanol–water partition coefficient (Wildman–Crippen LogP) is 3.47. The quantitative estimate of drug-likeness (QED) is 0.850. The first-order valence-electron chi connectivity index (χ1n) is 5.33. The Morgan fingerprint density at radius 1 is 1.21 bits per heavy atom. The van der Waals surface area contributed by atoms with E-state index >= 15 is 0 Å². The van der Waals surface area contributed by atoms with Crippen LogP contribution in [0.4, 0.5) is 11.6 Å². The fourth-order valence-electron chi connectivity index (χ4n) is 1.45. The van der Waals surface area contributed by atoms with Gasteiger partial charge in [0.05, 0.1) is 10.0 Å². The van der Waals surface area contributed by atoms with Crippen LogP contribution in [0, 0.1) is 6.92 Å². The molecule has 3 N–H and O–H groups in total. The van der Waals surface area contributed by atoms with Gasteiger partial charge in [0.2, 0.25) is 5.95 Å². The first-order chi connectivity index (χ1) is 8.95. The highest BCUT2D eigenvalue weighted by Crippen LogP contribution is 2.26. The number of halogens is 2. The lowest BCUT2D eigenvalue weighted by Crippen LogP contribution is -2.13. The molecule has 0 radical (unpaired) electrons. The van der Waals surface area contributed by atoms with E-state index in [1.54, 1.807) is 24.3 Å². The molecule has 0 bridgehead atoms. The van der Waals surface area contributed by atoms with E-state index in [9.17, 15) is 0 Å². The van der Waals surface area contributed by atoms with Crippen molar-refractivity contribution in [2.75, 3.05) is 5.32 Å². The van der Waals surface area contributed by atoms with E-state index in [1.165, 1.54) is 0 Å². The number of anilines is 2. The molecule has 0 unspecified atom stereocenters. The number of thiocarbonyl (C=S) groups is 1. The Kier molecular flexibility index (Phi) is 4.19. The summed E-state index contributed by atoms with van der Waals surface area (Å²) in [6.45, 7) is 1.84. The molecule has 1 heterocycles. The summed E-state index contributed by atoms with van der Waals surface area (Å²) in [6.07, 6.45) is 0. The van der Waals surface area contributed by atoms with Crippen molar-refractivity contribution in [3.05, 3.63) is 45.7 Å². The van der Waals surface area contributed by atoms with E-state index < -0.39 is 0 Å². The second-order valence-corrected chi connectivity index (χ2v) is 5.09. The summed E-state index contributed by atoms with van der Waals surface area (Å²) in [5.74, 6) is 0.404. The standard InChI is InChI=1S/C12H10Cl2N4S/c1-6-4-10(11(15)19)18-12(16-6)17-7-2-3-8(13)9(14)5-7/h2-5H,1H3,(H2,15,19)(H,16,17,18). The van der Waals surface area contributed by atoms with E-state index in [0.717, 1.165) is 11.4 Å². The van der Waals surface area contributed by atoms with E-state index in [2.05, 4.69) is 15.3 Å². The molecule has 7 heteroatoms. The highest BCUT2D eigenvalue weighted by atomic mass is 35.5. The molecular formula is C12H10Cl2N4S. The second-order valence-electron chi connectivity index (χ2n) is 3.84. The van der Waals surface area contributed by atoms with Gasteiger partial charge in [0.15, 0.2) is 0 Å². The molecular weight excluding hydrogens is 303 g/mol. The number of nitrogens with one attached hydrogen (secondary N) is 1. The van der Waals surface area contributed by atoms with Crippen molar-refractivity contribution >= 4 is 52.0 Å². The number of rotatable bonds is 3. The molecule has 0 saturated carbocycles. The Balaban J connectivity index is 2.32. The number of nitrogens with zero attached hydrogens (tertiary/aromatic N) is 2. The third kappa shape index (κ3) is 3.53. The van der Waals surface area contributed by atoms with Gasteiger partial charge in [0, 0.05) is 11.4 Å². The monoisotopic (exact) mass is 312 g/mol. The summed E-state index contributed by atoms with van der Waals surface area (Å²) >= 11 is 16.7. The molecule has 0 aliphatic carbocycles. The van der Waals surface area contributed by atoms with Crippen LogP contribution in [0.15, 0.2) is 24.3 Å². The maximum atomic E-state index is 5.94. The van der Waals surface area contributed by atoms with Crippen LogP contribution < -0.4 is 11.1 Å². The minimum atomic E-state index is 0.225. The Morgan fingerprint density at radius 2 is 1.95 bits per heavy atom. The molecule has 0 amide bonds. The SMILES string of the molecule is Cc1cc(C(N)=S)nc(Nc2ccc(Cl)c(Cl)c2)n1. The first kappa shape index (κ1) is 14.0. The first-order valence-corrected chi connectivity index (χ1v) is 6.49. The highest BCUT2D eigenvalue weighted by Gasteiger charge is 2.06. The number of hydrogen-bond acceptors (Lipinski definition) is 4. The van der Waals surface area contributed by atoms with Crippen molar-refractivity contribution in [2.24, 2.45) is 5.73 Å². The number of benzene rings is 1. The van der Waals surface area contributed by atoms with Gasteiger partial charge < -0.3 is 11.1 Å². The summed E-state index contributed by atoms with van der Waals surface area (Å²) in [5, 5.41) is 3.97. The lowest BCUT2D eigenvalue weighted by atomic mass is 10.3. The zero-order valence-corrected chi connectivity index (χ0v) is 12.3. The fourth-order valence-corrected chi connectivity index (χ4v) is 1.86. The van der Waals surface area contributed by atoms with Gasteiger partial charge in [0.1, 0.15) is 10.7 Å². The smallest absolute Gasteiger partial charge is 0.228 e. The highest BCUT2D eigenvalue weighted by molar-refractivity contribution is 7.80. The predicted molar refractivity (Wildman–Crippen MR) is 82.4 cm³/mol. The minimum Gasteiger partial charge on any atom is -0.388 e. The number of aromatic nitrogens is 2. The Bertz CT molecular complexity index is 646. The van der Waals surface area contributed by atoms with Crippen LogP contribution >= 0.6 is 35.4 Å². The maximum Gasteiger partial charge on any atom is 0.228 e. The molecule has 0 aliphatic rings. The average Bonchev–Trinajstić information content (AvgIpc) is 2.33. The molecule has 0 atom stereocenters. The van der Waals surface area contributed by atoms with Crippen LogP contribution in [0.3, 0.4) is 0 Å². The molecule has 0 fully saturated rings. The summed E-state index contributed by atoms with van der Waals surface area (Å²) in [5.41, 5.74) is 7.58. The largest absolute Gasteiger partial charge is 0.388 e. The van der Waals surface area contributed by atoms with E-state index in [0.29, 0.717) is 21.7 Å². The zero-order chi connectivity index (χ0) is 14.0. The van der Waals surface area contributed by atoms with Crippen molar-refractivity contribution in [3.63, 3.8) is 0 Å². The molecule has 1 aromatic heterocycles. The van der Waals surface area contributed by atoms with Crippen LogP contribution in [-0.4, -0.2) is 15.0 Å². The van der Waals surface area contributed by atoms with Crippen LogP contribution in [0.25, 0.3) is 0 Å².